The Morgan fingerprint density at radius 3 is 2.55 bits per heavy atom. The Morgan fingerprint density at radius 2 is 1.83 bits per heavy atom. The highest BCUT2D eigenvalue weighted by Gasteiger charge is 2.21. The van der Waals surface area contributed by atoms with E-state index < -0.39 is 5.25 Å². The number of nitrogens with zero attached hydrogens (tertiary/aromatic N) is 3. The van der Waals surface area contributed by atoms with E-state index >= 15 is 0 Å². The minimum Gasteiger partial charge on any atom is -0.325 e. The van der Waals surface area contributed by atoms with Crippen LogP contribution in [-0.2, 0) is 11.8 Å². The van der Waals surface area contributed by atoms with E-state index in [2.05, 4.69) is 29.4 Å². The molecule has 5 nitrogen and oxygen atoms in total. The van der Waals surface area contributed by atoms with Gasteiger partial charge < -0.3 is 9.88 Å². The van der Waals surface area contributed by atoms with Crippen molar-refractivity contribution in [2.24, 2.45) is 7.05 Å². The third kappa shape index (κ3) is 4.67. The standard InChI is InChI=1S/C22H25FN4OS/c1-5-14(2)16-10-7-9-13-19(16)24-21(28)15(3)29-22-26-25-20(27(22)4)17-11-6-8-12-18(17)23/h6-15H,5H2,1-4H3,(H,24,28)/t14-,15-/m1/s1. The van der Waals surface area contributed by atoms with Crippen LogP contribution in [0.25, 0.3) is 11.4 Å². The summed E-state index contributed by atoms with van der Waals surface area (Å²) >= 11 is 1.29. The lowest BCUT2D eigenvalue weighted by molar-refractivity contribution is -0.115. The monoisotopic (exact) mass is 412 g/mol. The number of aromatic nitrogens is 3. The lowest BCUT2D eigenvalue weighted by atomic mass is 9.97. The maximum atomic E-state index is 14.1. The van der Waals surface area contributed by atoms with E-state index in [1.165, 1.54) is 17.8 Å². The summed E-state index contributed by atoms with van der Waals surface area (Å²) in [6.45, 7) is 6.10. The molecule has 1 amide bonds. The van der Waals surface area contributed by atoms with Gasteiger partial charge in [-0.25, -0.2) is 4.39 Å². The fourth-order valence-corrected chi connectivity index (χ4v) is 3.82. The van der Waals surface area contributed by atoms with Crippen LogP contribution in [0.15, 0.2) is 53.7 Å². The molecule has 152 valence electrons. The summed E-state index contributed by atoms with van der Waals surface area (Å²) in [5.74, 6) is 0.324. The third-order valence-electron chi connectivity index (χ3n) is 4.96. The molecule has 1 aromatic heterocycles. The van der Waals surface area contributed by atoms with Gasteiger partial charge in [0.15, 0.2) is 11.0 Å². The summed E-state index contributed by atoms with van der Waals surface area (Å²) in [5, 5.41) is 11.5. The number of anilines is 1. The fourth-order valence-electron chi connectivity index (χ4n) is 3.00. The van der Waals surface area contributed by atoms with Crippen LogP contribution in [0.4, 0.5) is 10.1 Å². The van der Waals surface area contributed by atoms with Crippen molar-refractivity contribution in [2.45, 2.75) is 43.5 Å². The zero-order valence-electron chi connectivity index (χ0n) is 17.0. The molecule has 2 atom stereocenters. The molecule has 0 saturated carbocycles. The first kappa shape index (κ1) is 21.0. The number of carbonyl (C=O) groups is 1. The molecule has 0 unspecified atom stereocenters. The number of rotatable bonds is 7. The maximum absolute atomic E-state index is 14.1. The molecule has 0 saturated heterocycles. The number of para-hydroxylation sites is 1. The highest BCUT2D eigenvalue weighted by atomic mass is 32.2. The van der Waals surface area contributed by atoms with Crippen molar-refractivity contribution >= 4 is 23.4 Å². The molecule has 29 heavy (non-hydrogen) atoms. The van der Waals surface area contributed by atoms with Crippen molar-refractivity contribution in [1.29, 1.82) is 0 Å². The third-order valence-corrected chi connectivity index (χ3v) is 6.10. The van der Waals surface area contributed by atoms with Crippen molar-refractivity contribution in [1.82, 2.24) is 14.8 Å². The van der Waals surface area contributed by atoms with Gasteiger partial charge in [0.25, 0.3) is 0 Å². The Kier molecular flexibility index (Phi) is 6.69. The summed E-state index contributed by atoms with van der Waals surface area (Å²) in [6.07, 6.45) is 0.995. The van der Waals surface area contributed by atoms with Gasteiger partial charge in [0.1, 0.15) is 5.82 Å². The number of hydrogen-bond donors (Lipinski definition) is 1. The van der Waals surface area contributed by atoms with Crippen molar-refractivity contribution in [3.63, 3.8) is 0 Å². The van der Waals surface area contributed by atoms with Gasteiger partial charge in [-0.2, -0.15) is 0 Å². The smallest absolute Gasteiger partial charge is 0.237 e. The Hall–Kier alpha value is -2.67. The molecule has 0 aliphatic heterocycles. The highest BCUT2D eigenvalue weighted by molar-refractivity contribution is 8.00. The first-order valence-electron chi connectivity index (χ1n) is 9.63. The van der Waals surface area contributed by atoms with Crippen LogP contribution in [0.3, 0.4) is 0 Å². The Balaban J connectivity index is 1.74. The number of halogens is 1. The Labute approximate surface area is 174 Å². The second-order valence-electron chi connectivity index (χ2n) is 6.99. The van der Waals surface area contributed by atoms with Crippen molar-refractivity contribution in [2.75, 3.05) is 5.32 Å². The molecule has 0 aliphatic rings. The zero-order valence-corrected chi connectivity index (χ0v) is 17.8. The van der Waals surface area contributed by atoms with E-state index in [4.69, 9.17) is 0 Å². The summed E-state index contributed by atoms with van der Waals surface area (Å²) in [7, 11) is 1.77. The van der Waals surface area contributed by atoms with Gasteiger partial charge in [0.2, 0.25) is 5.91 Å². The maximum Gasteiger partial charge on any atom is 0.237 e. The number of nitrogens with one attached hydrogen (secondary N) is 1. The Bertz CT molecular complexity index is 1000. The van der Waals surface area contributed by atoms with Gasteiger partial charge in [-0.1, -0.05) is 55.9 Å². The lowest BCUT2D eigenvalue weighted by Crippen LogP contribution is -2.23. The number of benzene rings is 2. The van der Waals surface area contributed by atoms with Crippen LogP contribution < -0.4 is 5.32 Å². The van der Waals surface area contributed by atoms with Crippen LogP contribution in [-0.4, -0.2) is 25.9 Å². The van der Waals surface area contributed by atoms with Gasteiger partial charge >= 0.3 is 0 Å². The number of hydrogen-bond acceptors (Lipinski definition) is 4. The van der Waals surface area contributed by atoms with Crippen molar-refractivity contribution in [3.8, 4) is 11.4 Å². The van der Waals surface area contributed by atoms with Gasteiger partial charge in [-0.15, -0.1) is 10.2 Å². The van der Waals surface area contributed by atoms with Gasteiger partial charge in [0, 0.05) is 12.7 Å². The molecule has 0 bridgehead atoms. The molecule has 3 aromatic rings. The van der Waals surface area contributed by atoms with Gasteiger partial charge in [0.05, 0.1) is 10.8 Å². The average molecular weight is 413 g/mol. The quantitative estimate of drug-likeness (QED) is 0.538. The highest BCUT2D eigenvalue weighted by Crippen LogP contribution is 2.29. The molecule has 1 heterocycles. The first-order valence-corrected chi connectivity index (χ1v) is 10.5. The second kappa shape index (κ2) is 9.22. The molecule has 0 fully saturated rings. The molecule has 0 radical (unpaired) electrons. The SMILES string of the molecule is CC[C@@H](C)c1ccccc1NC(=O)[C@@H](C)Sc1nnc(-c2ccccc2F)n1C. The zero-order chi connectivity index (χ0) is 21.0. The van der Waals surface area contributed by atoms with Crippen LogP contribution in [0.1, 0.15) is 38.7 Å². The first-order chi connectivity index (χ1) is 13.9. The molecule has 0 spiro atoms. The minimum absolute atomic E-state index is 0.110. The Morgan fingerprint density at radius 1 is 1.14 bits per heavy atom. The van der Waals surface area contributed by atoms with E-state index in [1.807, 2.05) is 31.2 Å². The summed E-state index contributed by atoms with van der Waals surface area (Å²) in [6, 6.07) is 14.3. The summed E-state index contributed by atoms with van der Waals surface area (Å²) in [5.41, 5.74) is 2.35. The number of amides is 1. The molecule has 1 N–H and O–H groups in total. The molecule has 0 aliphatic carbocycles. The second-order valence-corrected chi connectivity index (χ2v) is 8.30. The summed E-state index contributed by atoms with van der Waals surface area (Å²) in [4.78, 5) is 12.8. The number of carbonyl (C=O) groups excluding carboxylic acids is 1. The van der Waals surface area contributed by atoms with E-state index in [0.717, 1.165) is 17.7 Å². The van der Waals surface area contributed by atoms with Crippen molar-refractivity contribution < 1.29 is 9.18 Å². The van der Waals surface area contributed by atoms with Crippen LogP contribution in [0.5, 0.6) is 0 Å². The molecular weight excluding hydrogens is 387 g/mol. The van der Waals surface area contributed by atoms with E-state index in [1.54, 1.807) is 29.8 Å². The molecular formula is C22H25FN4OS. The van der Waals surface area contributed by atoms with Crippen molar-refractivity contribution in [3.05, 3.63) is 59.9 Å². The van der Waals surface area contributed by atoms with Gasteiger partial charge in [-0.3, -0.25) is 4.79 Å². The fraction of sp³-hybridized carbons (Fsp3) is 0.318. The van der Waals surface area contributed by atoms with Crippen LogP contribution in [0, 0.1) is 5.82 Å². The van der Waals surface area contributed by atoms with Crippen LogP contribution in [0.2, 0.25) is 0 Å². The van der Waals surface area contributed by atoms with E-state index in [0.29, 0.717) is 22.5 Å². The predicted octanol–water partition coefficient (Wildman–Crippen LogP) is 5.25. The van der Waals surface area contributed by atoms with E-state index in [9.17, 15) is 9.18 Å². The predicted molar refractivity (Wildman–Crippen MR) is 115 cm³/mol. The summed E-state index contributed by atoms with van der Waals surface area (Å²) < 4.78 is 15.8. The average Bonchev–Trinajstić information content (AvgIpc) is 3.08. The topological polar surface area (TPSA) is 59.8 Å². The molecule has 7 heteroatoms. The number of thioether (sulfide) groups is 1. The molecule has 2 aromatic carbocycles. The lowest BCUT2D eigenvalue weighted by Gasteiger charge is -2.17. The largest absolute Gasteiger partial charge is 0.325 e. The normalized spacial score (nSPS) is 13.1. The molecule has 3 rings (SSSR count). The van der Waals surface area contributed by atoms with Gasteiger partial charge in [-0.05, 0) is 43.0 Å². The van der Waals surface area contributed by atoms with E-state index in [-0.39, 0.29) is 11.7 Å². The minimum atomic E-state index is -0.392. The van der Waals surface area contributed by atoms with Crippen LogP contribution >= 0.6 is 11.8 Å².